The molecule has 0 saturated carbocycles. The summed E-state index contributed by atoms with van der Waals surface area (Å²) in [5.74, 6) is -0.522. The van der Waals surface area contributed by atoms with Gasteiger partial charge in [-0.25, -0.2) is 4.98 Å². The zero-order chi connectivity index (χ0) is 19.0. The maximum Gasteiger partial charge on any atom is 0.270 e. The number of nitro benzene ring substituents is 1. The molecule has 2 heterocycles. The molecule has 7 nitrogen and oxygen atoms in total. The van der Waals surface area contributed by atoms with Crippen LogP contribution in [0.2, 0.25) is 5.02 Å². The molecule has 1 amide bonds. The van der Waals surface area contributed by atoms with Gasteiger partial charge in [-0.3, -0.25) is 19.3 Å². The van der Waals surface area contributed by atoms with Crippen molar-refractivity contribution in [3.63, 3.8) is 0 Å². The highest BCUT2D eigenvalue weighted by Gasteiger charge is 2.16. The second kappa shape index (κ2) is 6.82. The lowest BCUT2D eigenvalue weighted by molar-refractivity contribution is -0.384. The third-order valence-electron chi connectivity index (χ3n) is 3.91. The van der Waals surface area contributed by atoms with Gasteiger partial charge in [-0.2, -0.15) is 0 Å². The minimum Gasteiger partial charge on any atom is -0.322 e. The molecule has 0 aliphatic heterocycles. The van der Waals surface area contributed by atoms with Crippen molar-refractivity contribution in [3.05, 3.63) is 80.9 Å². The molecule has 0 unspecified atom stereocenters. The first kappa shape index (κ1) is 17.2. The molecular weight excluding hydrogens is 388 g/mol. The standard InChI is InChI=1S/C18H11ClN4O3S/c19-15-5-4-13(23(25)26)9-14(15)17(24)20-12-3-1-2-11(8-12)16-10-22-6-7-27-18(22)21-16/h1-10H,(H,20,24). The topological polar surface area (TPSA) is 89.5 Å². The van der Waals surface area contributed by atoms with E-state index in [4.69, 9.17) is 11.6 Å². The van der Waals surface area contributed by atoms with Crippen LogP contribution in [0, 0.1) is 10.1 Å². The van der Waals surface area contributed by atoms with Crippen molar-refractivity contribution >= 4 is 45.2 Å². The van der Waals surface area contributed by atoms with E-state index in [-0.39, 0.29) is 16.3 Å². The van der Waals surface area contributed by atoms with Gasteiger partial charge in [0.2, 0.25) is 0 Å². The van der Waals surface area contributed by atoms with Crippen LogP contribution in [0.5, 0.6) is 0 Å². The Labute approximate surface area is 162 Å². The Morgan fingerprint density at radius 1 is 1.26 bits per heavy atom. The van der Waals surface area contributed by atoms with Crippen molar-refractivity contribution in [2.45, 2.75) is 0 Å². The minimum atomic E-state index is -0.571. The number of non-ortho nitro benzene ring substituents is 1. The van der Waals surface area contributed by atoms with E-state index in [1.807, 2.05) is 28.2 Å². The minimum absolute atomic E-state index is 0.0405. The molecule has 0 atom stereocenters. The lowest BCUT2D eigenvalue weighted by atomic mass is 10.1. The number of imidazole rings is 1. The summed E-state index contributed by atoms with van der Waals surface area (Å²) in [6.45, 7) is 0. The molecule has 0 spiro atoms. The second-order valence-electron chi connectivity index (χ2n) is 5.68. The van der Waals surface area contributed by atoms with Crippen LogP contribution in [-0.2, 0) is 0 Å². The molecule has 0 saturated heterocycles. The van der Waals surface area contributed by atoms with Crippen LogP contribution in [0.25, 0.3) is 16.2 Å². The van der Waals surface area contributed by atoms with E-state index in [1.54, 1.807) is 18.2 Å². The van der Waals surface area contributed by atoms with E-state index in [0.29, 0.717) is 5.69 Å². The van der Waals surface area contributed by atoms with E-state index in [0.717, 1.165) is 22.3 Å². The van der Waals surface area contributed by atoms with Gasteiger partial charge in [0.15, 0.2) is 4.96 Å². The summed E-state index contributed by atoms with van der Waals surface area (Å²) in [7, 11) is 0. The van der Waals surface area contributed by atoms with Gasteiger partial charge < -0.3 is 5.32 Å². The summed E-state index contributed by atoms with van der Waals surface area (Å²) in [6, 6.07) is 11.0. The molecule has 2 aromatic carbocycles. The monoisotopic (exact) mass is 398 g/mol. The molecule has 4 aromatic rings. The van der Waals surface area contributed by atoms with Gasteiger partial charge in [0.05, 0.1) is 21.2 Å². The van der Waals surface area contributed by atoms with E-state index >= 15 is 0 Å². The maximum absolute atomic E-state index is 12.5. The van der Waals surface area contributed by atoms with Gasteiger partial charge in [0, 0.05) is 41.2 Å². The van der Waals surface area contributed by atoms with Crippen LogP contribution in [0.1, 0.15) is 10.4 Å². The Balaban J connectivity index is 1.61. The number of nitrogens with zero attached hydrogens (tertiary/aromatic N) is 3. The maximum atomic E-state index is 12.5. The van der Waals surface area contributed by atoms with Crippen LogP contribution in [0.3, 0.4) is 0 Å². The average Bonchev–Trinajstić information content (AvgIpc) is 3.24. The van der Waals surface area contributed by atoms with Crippen molar-refractivity contribution in [3.8, 4) is 11.3 Å². The number of benzene rings is 2. The summed E-state index contributed by atoms with van der Waals surface area (Å²) in [5.41, 5.74) is 2.01. The number of nitro groups is 1. The number of hydrogen-bond donors (Lipinski definition) is 1. The first-order valence-corrected chi connectivity index (χ1v) is 9.05. The number of fused-ring (bicyclic) bond motifs is 1. The Morgan fingerprint density at radius 3 is 2.89 bits per heavy atom. The van der Waals surface area contributed by atoms with Gasteiger partial charge in [0.25, 0.3) is 11.6 Å². The molecule has 0 aliphatic rings. The van der Waals surface area contributed by atoms with Gasteiger partial charge >= 0.3 is 0 Å². The molecule has 1 N–H and O–H groups in total. The zero-order valence-corrected chi connectivity index (χ0v) is 15.2. The van der Waals surface area contributed by atoms with E-state index in [1.165, 1.54) is 23.5 Å². The fourth-order valence-electron chi connectivity index (χ4n) is 2.62. The zero-order valence-electron chi connectivity index (χ0n) is 13.6. The van der Waals surface area contributed by atoms with Crippen LogP contribution < -0.4 is 5.32 Å². The van der Waals surface area contributed by atoms with E-state index in [9.17, 15) is 14.9 Å². The van der Waals surface area contributed by atoms with Crippen molar-refractivity contribution in [2.75, 3.05) is 5.32 Å². The third-order valence-corrected chi connectivity index (χ3v) is 5.02. The SMILES string of the molecule is O=C(Nc1cccc(-c2cn3ccsc3n2)c1)c1cc([N+](=O)[O-])ccc1Cl. The highest BCUT2D eigenvalue weighted by atomic mass is 35.5. The van der Waals surface area contributed by atoms with Gasteiger partial charge in [0.1, 0.15) is 0 Å². The Morgan fingerprint density at radius 2 is 2.11 bits per heavy atom. The van der Waals surface area contributed by atoms with Crippen LogP contribution in [-0.4, -0.2) is 20.2 Å². The molecule has 2 aromatic heterocycles. The molecule has 4 rings (SSSR count). The second-order valence-corrected chi connectivity index (χ2v) is 6.96. The highest BCUT2D eigenvalue weighted by molar-refractivity contribution is 7.15. The summed E-state index contributed by atoms with van der Waals surface area (Å²) in [6.07, 6.45) is 3.83. The average molecular weight is 399 g/mol. The highest BCUT2D eigenvalue weighted by Crippen LogP contribution is 2.26. The van der Waals surface area contributed by atoms with Crippen LogP contribution >= 0.6 is 22.9 Å². The molecule has 0 radical (unpaired) electrons. The predicted molar refractivity (Wildman–Crippen MR) is 105 cm³/mol. The smallest absolute Gasteiger partial charge is 0.270 e. The van der Waals surface area contributed by atoms with Crippen molar-refractivity contribution in [1.82, 2.24) is 9.38 Å². The summed E-state index contributed by atoms with van der Waals surface area (Å²) >= 11 is 7.56. The van der Waals surface area contributed by atoms with Crippen molar-refractivity contribution < 1.29 is 9.72 Å². The number of rotatable bonds is 4. The molecule has 134 valence electrons. The number of carbonyl (C=O) groups is 1. The van der Waals surface area contributed by atoms with Crippen molar-refractivity contribution in [2.24, 2.45) is 0 Å². The quantitative estimate of drug-likeness (QED) is 0.392. The van der Waals surface area contributed by atoms with E-state index < -0.39 is 10.8 Å². The molecule has 0 aliphatic carbocycles. The largest absolute Gasteiger partial charge is 0.322 e. The summed E-state index contributed by atoms with van der Waals surface area (Å²) in [4.78, 5) is 28.3. The van der Waals surface area contributed by atoms with Gasteiger partial charge in [-0.1, -0.05) is 23.7 Å². The third kappa shape index (κ3) is 3.40. The number of halogens is 1. The number of anilines is 1. The lowest BCUT2D eigenvalue weighted by Crippen LogP contribution is -2.12. The molecule has 0 fully saturated rings. The fraction of sp³-hybridized carbons (Fsp3) is 0. The molecule has 9 heteroatoms. The number of amides is 1. The molecule has 27 heavy (non-hydrogen) atoms. The summed E-state index contributed by atoms with van der Waals surface area (Å²) in [5, 5.41) is 15.7. The Kier molecular flexibility index (Phi) is 4.35. The van der Waals surface area contributed by atoms with Crippen molar-refractivity contribution in [1.29, 1.82) is 0 Å². The van der Waals surface area contributed by atoms with Gasteiger partial charge in [-0.15, -0.1) is 11.3 Å². The Hall–Kier alpha value is -3.23. The van der Waals surface area contributed by atoms with Gasteiger partial charge in [-0.05, 0) is 18.2 Å². The molecular formula is C18H11ClN4O3S. The fourth-order valence-corrected chi connectivity index (χ4v) is 3.53. The van der Waals surface area contributed by atoms with Crippen LogP contribution in [0.4, 0.5) is 11.4 Å². The normalized spacial score (nSPS) is 10.9. The lowest BCUT2D eigenvalue weighted by Gasteiger charge is -2.08. The molecule has 0 bridgehead atoms. The summed E-state index contributed by atoms with van der Waals surface area (Å²) < 4.78 is 1.92. The predicted octanol–water partition coefficient (Wildman–Crippen LogP) is 4.88. The van der Waals surface area contributed by atoms with Crippen LogP contribution in [0.15, 0.2) is 60.2 Å². The number of nitrogens with one attached hydrogen (secondary N) is 1. The Bertz CT molecular complexity index is 1160. The number of aromatic nitrogens is 2. The number of carbonyl (C=O) groups excluding carboxylic acids is 1. The van der Waals surface area contributed by atoms with E-state index in [2.05, 4.69) is 10.3 Å². The number of hydrogen-bond acceptors (Lipinski definition) is 5. The number of thiazole rings is 1. The first-order chi connectivity index (χ1) is 13.0. The first-order valence-electron chi connectivity index (χ1n) is 7.79.